The van der Waals surface area contributed by atoms with Crippen molar-refractivity contribution in [3.8, 4) is 0 Å². The van der Waals surface area contributed by atoms with Gasteiger partial charge in [-0.3, -0.25) is 4.79 Å². The molecule has 0 aromatic heterocycles. The van der Waals surface area contributed by atoms with Gasteiger partial charge in [0, 0.05) is 0 Å². The molecule has 1 aliphatic heterocycles. The summed E-state index contributed by atoms with van der Waals surface area (Å²) in [6, 6.07) is 0. The van der Waals surface area contributed by atoms with Crippen molar-refractivity contribution in [2.45, 2.75) is 6.92 Å². The van der Waals surface area contributed by atoms with Gasteiger partial charge >= 0.3 is 5.91 Å². The van der Waals surface area contributed by atoms with Crippen LogP contribution >= 0.6 is 0 Å². The van der Waals surface area contributed by atoms with Gasteiger partial charge in [-0.25, -0.2) is 8.93 Å². The first kappa shape index (κ1) is 7.20. The highest BCUT2D eigenvalue weighted by molar-refractivity contribution is 7.83. The summed E-state index contributed by atoms with van der Waals surface area (Å²) in [5.74, 6) is -0.610. The maximum Gasteiger partial charge on any atom is 0.320 e. The normalized spacial score (nSPS) is 23.9. The van der Waals surface area contributed by atoms with Crippen LogP contribution in [0.2, 0.25) is 0 Å². The van der Waals surface area contributed by atoms with Crippen molar-refractivity contribution < 1.29 is 13.7 Å². The van der Waals surface area contributed by atoms with Crippen LogP contribution in [0.15, 0.2) is 4.40 Å². The largest absolute Gasteiger partial charge is 0.474 e. The summed E-state index contributed by atoms with van der Waals surface area (Å²) >= 11 is -1.62. The fourth-order valence-corrected chi connectivity index (χ4v) is 1.07. The quantitative estimate of drug-likeness (QED) is 0.545. The second-order valence-electron chi connectivity index (χ2n) is 1.51. The highest BCUT2D eigenvalue weighted by Gasteiger charge is 2.23. The van der Waals surface area contributed by atoms with Crippen LogP contribution in [0.4, 0.5) is 0 Å². The summed E-state index contributed by atoms with van der Waals surface area (Å²) < 4.78 is 20.6. The highest BCUT2D eigenvalue weighted by Crippen LogP contribution is 1.95. The lowest BCUT2D eigenvalue weighted by atomic mass is 10.6. The van der Waals surface area contributed by atoms with Gasteiger partial charge in [0.25, 0.3) is 5.90 Å². The summed E-state index contributed by atoms with van der Waals surface area (Å²) in [5, 5.41) is 0. The summed E-state index contributed by atoms with van der Waals surface area (Å²) in [7, 11) is 0. The Labute approximate surface area is 60.2 Å². The number of carbonyl (C=O) groups is 1. The Balaban J connectivity index is 2.65. The number of nitrogens with one attached hydrogen (secondary N) is 1. The molecule has 0 fully saturated rings. The number of rotatable bonds is 1. The van der Waals surface area contributed by atoms with Crippen molar-refractivity contribution in [3.63, 3.8) is 0 Å². The summed E-state index contributed by atoms with van der Waals surface area (Å²) in [6.07, 6.45) is 0. The third-order valence-corrected chi connectivity index (χ3v) is 1.51. The molecule has 1 amide bonds. The number of hydrogen-bond acceptors (Lipinski definition) is 3. The lowest BCUT2D eigenvalue weighted by Crippen LogP contribution is -2.24. The average Bonchev–Trinajstić information content (AvgIpc) is 2.13. The molecule has 0 bridgehead atoms. The summed E-state index contributed by atoms with van der Waals surface area (Å²) in [4.78, 5) is 10.6. The van der Waals surface area contributed by atoms with Crippen LogP contribution in [-0.4, -0.2) is 22.6 Å². The Bertz CT molecular complexity index is 213. The highest BCUT2D eigenvalue weighted by atomic mass is 32.2. The molecule has 1 rings (SSSR count). The van der Waals surface area contributed by atoms with Gasteiger partial charge in [0.2, 0.25) is 11.2 Å². The third kappa shape index (κ3) is 1.32. The molecule has 6 heteroatoms. The first-order chi connectivity index (χ1) is 4.74. The van der Waals surface area contributed by atoms with E-state index in [2.05, 4.69) is 9.12 Å². The molecule has 0 aliphatic carbocycles. The van der Waals surface area contributed by atoms with E-state index in [0.29, 0.717) is 6.61 Å². The number of hydrogen-bond donors (Lipinski definition) is 1. The SMILES string of the molecule is CCOC1=NS(=O)NC1=O. The van der Waals surface area contributed by atoms with Gasteiger partial charge in [-0.2, -0.15) is 0 Å². The molecule has 0 radical (unpaired) electrons. The van der Waals surface area contributed by atoms with Crippen LogP contribution in [0, 0.1) is 0 Å². The number of nitrogens with zero attached hydrogens (tertiary/aromatic N) is 1. The molecule has 56 valence electrons. The van der Waals surface area contributed by atoms with Crippen LogP contribution in [0.25, 0.3) is 0 Å². The third-order valence-electron chi connectivity index (χ3n) is 0.821. The standard InChI is InChI=1S/C4H6N2O3S/c1-2-9-4-3(7)5-10(8)6-4/h2H2,1H3,(H,5,7). The molecule has 1 unspecified atom stereocenters. The van der Waals surface area contributed by atoms with Gasteiger partial charge in [0.15, 0.2) is 0 Å². The zero-order valence-electron chi connectivity index (χ0n) is 5.29. The zero-order valence-corrected chi connectivity index (χ0v) is 6.10. The molecule has 0 aromatic carbocycles. The molecule has 1 aliphatic rings. The molecule has 0 saturated carbocycles. The van der Waals surface area contributed by atoms with Gasteiger partial charge in [0.05, 0.1) is 6.61 Å². The molecule has 1 heterocycles. The van der Waals surface area contributed by atoms with Crippen molar-refractivity contribution in [2.75, 3.05) is 6.61 Å². The fraction of sp³-hybridized carbons (Fsp3) is 0.500. The molecule has 1 N–H and O–H groups in total. The number of ether oxygens (including phenoxy) is 1. The Morgan fingerprint density at radius 2 is 2.50 bits per heavy atom. The maximum absolute atomic E-state index is 10.6. The van der Waals surface area contributed by atoms with Crippen LogP contribution in [0.1, 0.15) is 6.92 Å². The van der Waals surface area contributed by atoms with Crippen molar-refractivity contribution >= 4 is 23.0 Å². The van der Waals surface area contributed by atoms with E-state index in [1.54, 1.807) is 6.92 Å². The van der Waals surface area contributed by atoms with E-state index < -0.39 is 17.1 Å². The molecule has 5 nitrogen and oxygen atoms in total. The van der Waals surface area contributed by atoms with E-state index in [1.165, 1.54) is 0 Å². The van der Waals surface area contributed by atoms with E-state index in [-0.39, 0.29) is 5.90 Å². The minimum atomic E-state index is -1.62. The summed E-state index contributed by atoms with van der Waals surface area (Å²) in [5.41, 5.74) is 0. The van der Waals surface area contributed by atoms with E-state index in [4.69, 9.17) is 4.74 Å². The van der Waals surface area contributed by atoms with Crippen LogP contribution < -0.4 is 4.72 Å². The van der Waals surface area contributed by atoms with Crippen LogP contribution in [0.3, 0.4) is 0 Å². The van der Waals surface area contributed by atoms with E-state index >= 15 is 0 Å². The van der Waals surface area contributed by atoms with Gasteiger partial charge < -0.3 is 4.74 Å². The van der Waals surface area contributed by atoms with Crippen molar-refractivity contribution in [2.24, 2.45) is 4.40 Å². The topological polar surface area (TPSA) is 67.8 Å². The van der Waals surface area contributed by atoms with E-state index in [1.807, 2.05) is 0 Å². The first-order valence-corrected chi connectivity index (χ1v) is 3.79. The van der Waals surface area contributed by atoms with Crippen LogP contribution in [0.5, 0.6) is 0 Å². The molecular formula is C4H6N2O3S. The minimum Gasteiger partial charge on any atom is -0.474 e. The van der Waals surface area contributed by atoms with Crippen LogP contribution in [-0.2, 0) is 20.7 Å². The van der Waals surface area contributed by atoms with Gasteiger partial charge in [0.1, 0.15) is 0 Å². The van der Waals surface area contributed by atoms with Crippen molar-refractivity contribution in [1.82, 2.24) is 4.72 Å². The van der Waals surface area contributed by atoms with Crippen molar-refractivity contribution in [3.05, 3.63) is 0 Å². The molecular weight excluding hydrogens is 156 g/mol. The maximum atomic E-state index is 10.6. The smallest absolute Gasteiger partial charge is 0.320 e. The average molecular weight is 162 g/mol. The Kier molecular flexibility index (Phi) is 2.00. The van der Waals surface area contributed by atoms with Gasteiger partial charge in [-0.05, 0) is 6.92 Å². The van der Waals surface area contributed by atoms with Gasteiger partial charge in [-0.15, -0.1) is 4.40 Å². The number of amides is 1. The Hall–Kier alpha value is -0.910. The second kappa shape index (κ2) is 2.78. The lowest BCUT2D eigenvalue weighted by Gasteiger charge is -1.94. The predicted octanol–water partition coefficient (Wildman–Crippen LogP) is -0.870. The Morgan fingerprint density at radius 1 is 1.80 bits per heavy atom. The Morgan fingerprint density at radius 3 is 2.90 bits per heavy atom. The predicted molar refractivity (Wildman–Crippen MR) is 35.3 cm³/mol. The molecule has 10 heavy (non-hydrogen) atoms. The lowest BCUT2D eigenvalue weighted by molar-refractivity contribution is -0.114. The number of carbonyl (C=O) groups excluding carboxylic acids is 1. The van der Waals surface area contributed by atoms with Gasteiger partial charge in [-0.1, -0.05) is 0 Å². The summed E-state index contributed by atoms with van der Waals surface area (Å²) in [6.45, 7) is 2.07. The zero-order chi connectivity index (χ0) is 7.56. The fourth-order valence-electron chi connectivity index (χ4n) is 0.491. The van der Waals surface area contributed by atoms with E-state index in [9.17, 15) is 9.00 Å². The van der Waals surface area contributed by atoms with Crippen molar-refractivity contribution in [1.29, 1.82) is 0 Å². The molecule has 0 aromatic rings. The van der Waals surface area contributed by atoms with E-state index in [0.717, 1.165) is 0 Å². The minimum absolute atomic E-state index is 0.0965. The molecule has 0 saturated heterocycles. The monoisotopic (exact) mass is 162 g/mol. The molecule has 0 spiro atoms. The first-order valence-electron chi connectivity index (χ1n) is 2.68. The molecule has 1 atom stereocenters. The second-order valence-corrected chi connectivity index (χ2v) is 2.39.